The summed E-state index contributed by atoms with van der Waals surface area (Å²) in [7, 11) is 0. The summed E-state index contributed by atoms with van der Waals surface area (Å²) in [5.74, 6) is -1.25. The number of benzene rings is 1. The lowest BCUT2D eigenvalue weighted by Gasteiger charge is -2.10. The van der Waals surface area contributed by atoms with E-state index >= 15 is 0 Å². The van der Waals surface area contributed by atoms with E-state index in [1.807, 2.05) is 0 Å². The Labute approximate surface area is 104 Å². The third kappa shape index (κ3) is 1.90. The largest absolute Gasteiger partial charge is 0.366 e. The summed E-state index contributed by atoms with van der Waals surface area (Å²) in [6.45, 7) is 1.60. The molecule has 5 heteroatoms. The van der Waals surface area contributed by atoms with Gasteiger partial charge < -0.3 is 5.73 Å². The van der Waals surface area contributed by atoms with Crippen molar-refractivity contribution >= 4 is 17.7 Å². The molecule has 1 heterocycles. The molecule has 3 amide bonds. The van der Waals surface area contributed by atoms with Crippen LogP contribution in [0.25, 0.3) is 0 Å². The molecule has 0 unspecified atom stereocenters. The van der Waals surface area contributed by atoms with Gasteiger partial charge in [0, 0.05) is 12.1 Å². The zero-order valence-corrected chi connectivity index (χ0v) is 9.84. The van der Waals surface area contributed by atoms with Crippen LogP contribution in [0.1, 0.15) is 27.6 Å². The van der Waals surface area contributed by atoms with E-state index in [4.69, 9.17) is 5.73 Å². The Morgan fingerprint density at radius 2 is 1.72 bits per heavy atom. The molecule has 0 saturated carbocycles. The molecule has 2 N–H and O–H groups in total. The molecule has 0 aliphatic carbocycles. The van der Waals surface area contributed by atoms with E-state index in [1.54, 1.807) is 31.2 Å². The number of fused-ring (bicyclic) bond motifs is 1. The van der Waals surface area contributed by atoms with Gasteiger partial charge in [-0.15, -0.1) is 0 Å². The lowest BCUT2D eigenvalue weighted by atomic mass is 10.1. The third-order valence-corrected chi connectivity index (χ3v) is 2.85. The molecule has 0 atom stereocenters. The van der Waals surface area contributed by atoms with Gasteiger partial charge in [0.1, 0.15) is 0 Å². The second-order valence-electron chi connectivity index (χ2n) is 4.02. The molecule has 0 spiro atoms. The van der Waals surface area contributed by atoms with Crippen LogP contribution in [-0.2, 0) is 4.79 Å². The fourth-order valence-electron chi connectivity index (χ4n) is 1.73. The van der Waals surface area contributed by atoms with Crippen molar-refractivity contribution in [1.29, 1.82) is 0 Å². The predicted octanol–water partition coefficient (Wildman–Crippen LogP) is 0.714. The van der Waals surface area contributed by atoms with E-state index in [-0.39, 0.29) is 18.4 Å². The van der Waals surface area contributed by atoms with Crippen LogP contribution < -0.4 is 5.73 Å². The van der Waals surface area contributed by atoms with Gasteiger partial charge in [0.15, 0.2) is 0 Å². The van der Waals surface area contributed by atoms with Crippen LogP contribution in [0.2, 0.25) is 0 Å². The summed E-state index contributed by atoms with van der Waals surface area (Å²) in [5, 5.41) is 0. The molecule has 1 aliphatic heterocycles. The summed E-state index contributed by atoms with van der Waals surface area (Å²) in [6, 6.07) is 6.64. The topological polar surface area (TPSA) is 80.5 Å². The molecule has 1 aliphatic rings. The van der Waals surface area contributed by atoms with Gasteiger partial charge in [-0.3, -0.25) is 19.3 Å². The maximum Gasteiger partial charge on any atom is 0.261 e. The number of carbonyl (C=O) groups excluding carboxylic acids is 3. The highest BCUT2D eigenvalue weighted by Gasteiger charge is 2.34. The van der Waals surface area contributed by atoms with E-state index < -0.39 is 5.91 Å². The molecule has 1 aromatic carbocycles. The van der Waals surface area contributed by atoms with E-state index in [0.29, 0.717) is 16.7 Å². The Morgan fingerprint density at radius 3 is 2.17 bits per heavy atom. The fraction of sp³-hybridized carbons (Fsp3) is 0.154. The number of nitrogens with two attached hydrogens (primary N) is 1. The molecule has 0 aromatic heterocycles. The molecular weight excluding hydrogens is 232 g/mol. The van der Waals surface area contributed by atoms with Gasteiger partial charge in [0.05, 0.1) is 11.1 Å². The SMILES string of the molecule is C/C(=C\CN1C(=O)c2ccccc2C1=O)C(N)=O. The van der Waals surface area contributed by atoms with Crippen molar-refractivity contribution in [2.24, 2.45) is 5.73 Å². The smallest absolute Gasteiger partial charge is 0.261 e. The normalized spacial score (nSPS) is 14.9. The van der Waals surface area contributed by atoms with E-state index in [9.17, 15) is 14.4 Å². The summed E-state index contributed by atoms with van der Waals surface area (Å²) in [4.78, 5) is 35.8. The molecule has 5 nitrogen and oxygen atoms in total. The molecule has 0 bridgehead atoms. The predicted molar refractivity (Wildman–Crippen MR) is 64.8 cm³/mol. The molecule has 18 heavy (non-hydrogen) atoms. The number of imide groups is 1. The highest BCUT2D eigenvalue weighted by atomic mass is 16.2. The quantitative estimate of drug-likeness (QED) is 0.628. The van der Waals surface area contributed by atoms with E-state index in [2.05, 4.69) is 0 Å². The van der Waals surface area contributed by atoms with Crippen LogP contribution in [0.4, 0.5) is 0 Å². The lowest BCUT2D eigenvalue weighted by molar-refractivity contribution is -0.114. The van der Waals surface area contributed by atoms with Gasteiger partial charge in [-0.1, -0.05) is 18.2 Å². The van der Waals surface area contributed by atoms with Gasteiger partial charge in [0.2, 0.25) is 5.91 Å². The average Bonchev–Trinajstić information content (AvgIpc) is 2.60. The number of rotatable bonds is 3. The first-order valence-electron chi connectivity index (χ1n) is 5.44. The molecule has 92 valence electrons. The first kappa shape index (κ1) is 12.0. The van der Waals surface area contributed by atoms with Crippen LogP contribution >= 0.6 is 0 Å². The second-order valence-corrected chi connectivity index (χ2v) is 4.02. The van der Waals surface area contributed by atoms with Crippen LogP contribution in [0.5, 0.6) is 0 Å². The Kier molecular flexibility index (Phi) is 2.97. The third-order valence-electron chi connectivity index (χ3n) is 2.85. The minimum absolute atomic E-state index is 0.0567. The van der Waals surface area contributed by atoms with Crippen molar-refractivity contribution in [1.82, 2.24) is 4.90 Å². The Bertz CT molecular complexity index is 540. The van der Waals surface area contributed by atoms with Crippen molar-refractivity contribution in [2.75, 3.05) is 6.54 Å². The zero-order chi connectivity index (χ0) is 13.3. The number of amides is 3. The summed E-state index contributed by atoms with van der Waals surface area (Å²) >= 11 is 0. The van der Waals surface area contributed by atoms with Crippen molar-refractivity contribution in [3.05, 3.63) is 47.0 Å². The van der Waals surface area contributed by atoms with Gasteiger partial charge >= 0.3 is 0 Å². The van der Waals surface area contributed by atoms with Crippen LogP contribution in [0, 0.1) is 0 Å². The lowest BCUT2D eigenvalue weighted by Crippen LogP contribution is -2.30. The fourth-order valence-corrected chi connectivity index (χ4v) is 1.73. The maximum atomic E-state index is 11.9. The van der Waals surface area contributed by atoms with Crippen molar-refractivity contribution in [2.45, 2.75) is 6.92 Å². The van der Waals surface area contributed by atoms with Crippen LogP contribution in [-0.4, -0.2) is 29.2 Å². The van der Waals surface area contributed by atoms with Crippen molar-refractivity contribution < 1.29 is 14.4 Å². The summed E-state index contributed by atoms with van der Waals surface area (Å²) < 4.78 is 0. The van der Waals surface area contributed by atoms with Crippen LogP contribution in [0.15, 0.2) is 35.9 Å². The summed E-state index contributed by atoms with van der Waals surface area (Å²) in [6.07, 6.45) is 1.48. The highest BCUT2D eigenvalue weighted by Crippen LogP contribution is 2.22. The van der Waals surface area contributed by atoms with E-state index in [0.717, 1.165) is 4.90 Å². The molecule has 1 aromatic rings. The Morgan fingerprint density at radius 1 is 1.22 bits per heavy atom. The van der Waals surface area contributed by atoms with Crippen LogP contribution in [0.3, 0.4) is 0 Å². The molecule has 0 saturated heterocycles. The maximum absolute atomic E-state index is 11.9. The van der Waals surface area contributed by atoms with Gasteiger partial charge in [-0.2, -0.15) is 0 Å². The monoisotopic (exact) mass is 244 g/mol. The van der Waals surface area contributed by atoms with Crippen molar-refractivity contribution in [3.63, 3.8) is 0 Å². The molecule has 0 fully saturated rings. The standard InChI is InChI=1S/C13H12N2O3/c1-8(11(14)16)6-7-15-12(17)9-4-2-3-5-10(9)13(15)18/h2-6H,7H2,1H3,(H2,14,16)/b8-6+. The minimum atomic E-state index is -0.563. The number of nitrogens with zero attached hydrogens (tertiary/aromatic N) is 1. The number of hydrogen-bond acceptors (Lipinski definition) is 3. The van der Waals surface area contributed by atoms with Crippen molar-refractivity contribution in [3.8, 4) is 0 Å². The molecule has 0 radical (unpaired) electrons. The minimum Gasteiger partial charge on any atom is -0.366 e. The van der Waals surface area contributed by atoms with Gasteiger partial charge in [-0.05, 0) is 19.1 Å². The van der Waals surface area contributed by atoms with Gasteiger partial charge in [-0.25, -0.2) is 0 Å². The Balaban J connectivity index is 2.24. The second kappa shape index (κ2) is 4.44. The van der Waals surface area contributed by atoms with Gasteiger partial charge in [0.25, 0.3) is 11.8 Å². The first-order chi connectivity index (χ1) is 8.52. The number of carbonyl (C=O) groups is 3. The van der Waals surface area contributed by atoms with E-state index in [1.165, 1.54) is 6.08 Å². The average molecular weight is 244 g/mol. The zero-order valence-electron chi connectivity index (χ0n) is 9.84. The number of primary amides is 1. The highest BCUT2D eigenvalue weighted by molar-refractivity contribution is 6.21. The molecular formula is C13H12N2O3. The molecule has 2 rings (SSSR count). The number of hydrogen-bond donors (Lipinski definition) is 1. The Hall–Kier alpha value is -2.43. The summed E-state index contributed by atoms with van der Waals surface area (Å²) in [5.41, 5.74) is 6.20. The first-order valence-corrected chi connectivity index (χ1v) is 5.44.